The second kappa shape index (κ2) is 4.48. The fourth-order valence-electron chi connectivity index (χ4n) is 2.85. The van der Waals surface area contributed by atoms with Crippen molar-refractivity contribution in [2.24, 2.45) is 0 Å². The Balaban J connectivity index is 2.15. The molecular weight excluding hydrogens is 226 g/mol. The van der Waals surface area contributed by atoms with Crippen molar-refractivity contribution in [1.29, 1.82) is 0 Å². The van der Waals surface area contributed by atoms with Gasteiger partial charge in [-0.2, -0.15) is 0 Å². The standard InChI is InChI=1S/C15H17NO2/c1-18-14-8-4-7-12-11(14)9-13(17)15(16-12)10-5-2-3-6-10/h4,7-10,17H,2-3,5-6H2,1H3. The minimum absolute atomic E-state index is 0.305. The summed E-state index contributed by atoms with van der Waals surface area (Å²) in [6, 6.07) is 7.58. The number of aromatic hydroxyl groups is 1. The Labute approximate surface area is 106 Å². The first-order valence-electron chi connectivity index (χ1n) is 6.46. The highest BCUT2D eigenvalue weighted by atomic mass is 16.5. The number of fused-ring (bicyclic) bond motifs is 1. The van der Waals surface area contributed by atoms with E-state index in [1.165, 1.54) is 12.8 Å². The molecule has 18 heavy (non-hydrogen) atoms. The van der Waals surface area contributed by atoms with Gasteiger partial charge in [-0.05, 0) is 31.0 Å². The second-order valence-corrected chi connectivity index (χ2v) is 4.90. The summed E-state index contributed by atoms with van der Waals surface area (Å²) >= 11 is 0. The molecule has 1 aromatic heterocycles. The first-order valence-corrected chi connectivity index (χ1v) is 6.46. The summed E-state index contributed by atoms with van der Waals surface area (Å²) in [4.78, 5) is 4.64. The molecular formula is C15H17NO2. The van der Waals surface area contributed by atoms with Crippen LogP contribution in [-0.4, -0.2) is 17.2 Å². The van der Waals surface area contributed by atoms with Gasteiger partial charge in [0, 0.05) is 11.3 Å². The van der Waals surface area contributed by atoms with Crippen molar-refractivity contribution in [3.8, 4) is 11.5 Å². The summed E-state index contributed by atoms with van der Waals surface area (Å²) in [5.41, 5.74) is 1.75. The molecule has 0 atom stereocenters. The van der Waals surface area contributed by atoms with Crippen LogP contribution in [0.2, 0.25) is 0 Å². The molecule has 3 nitrogen and oxygen atoms in total. The van der Waals surface area contributed by atoms with Crippen LogP contribution in [0.1, 0.15) is 37.3 Å². The van der Waals surface area contributed by atoms with Gasteiger partial charge in [0.2, 0.25) is 0 Å². The molecule has 1 N–H and O–H groups in total. The van der Waals surface area contributed by atoms with E-state index >= 15 is 0 Å². The van der Waals surface area contributed by atoms with Gasteiger partial charge in [-0.25, -0.2) is 4.98 Å². The van der Waals surface area contributed by atoms with Crippen LogP contribution in [0, 0.1) is 0 Å². The maximum atomic E-state index is 10.2. The van der Waals surface area contributed by atoms with Crippen LogP contribution < -0.4 is 4.74 Å². The molecule has 2 aromatic rings. The van der Waals surface area contributed by atoms with Crippen molar-refractivity contribution in [2.75, 3.05) is 7.11 Å². The van der Waals surface area contributed by atoms with E-state index in [1.807, 2.05) is 18.2 Å². The zero-order valence-electron chi connectivity index (χ0n) is 10.5. The number of hydrogen-bond donors (Lipinski definition) is 1. The SMILES string of the molecule is COc1cccc2nc(C3CCCC3)c(O)cc12. The van der Waals surface area contributed by atoms with E-state index in [-0.39, 0.29) is 0 Å². The maximum Gasteiger partial charge on any atom is 0.138 e. The van der Waals surface area contributed by atoms with E-state index in [2.05, 4.69) is 4.98 Å². The molecule has 0 unspecified atom stereocenters. The van der Waals surface area contributed by atoms with E-state index < -0.39 is 0 Å². The lowest BCUT2D eigenvalue weighted by atomic mass is 10.0. The highest BCUT2D eigenvalue weighted by Crippen LogP contribution is 2.39. The lowest BCUT2D eigenvalue weighted by Gasteiger charge is -2.13. The summed E-state index contributed by atoms with van der Waals surface area (Å²) in [7, 11) is 1.64. The summed E-state index contributed by atoms with van der Waals surface area (Å²) < 4.78 is 5.30. The molecule has 1 aliphatic carbocycles. The minimum Gasteiger partial charge on any atom is -0.506 e. The molecule has 1 saturated carbocycles. The predicted octanol–water partition coefficient (Wildman–Crippen LogP) is 3.61. The highest BCUT2D eigenvalue weighted by Gasteiger charge is 2.22. The Morgan fingerprint density at radius 3 is 2.78 bits per heavy atom. The van der Waals surface area contributed by atoms with Gasteiger partial charge in [-0.15, -0.1) is 0 Å². The zero-order chi connectivity index (χ0) is 12.5. The third-order valence-corrected chi connectivity index (χ3v) is 3.79. The number of nitrogens with zero attached hydrogens (tertiary/aromatic N) is 1. The molecule has 3 heteroatoms. The molecule has 1 heterocycles. The van der Waals surface area contributed by atoms with Gasteiger partial charge in [0.1, 0.15) is 11.5 Å². The number of hydrogen-bond acceptors (Lipinski definition) is 3. The minimum atomic E-state index is 0.305. The molecule has 1 fully saturated rings. The van der Waals surface area contributed by atoms with Crippen LogP contribution in [0.3, 0.4) is 0 Å². The van der Waals surface area contributed by atoms with E-state index in [4.69, 9.17) is 4.74 Å². The number of methoxy groups -OCH3 is 1. The average Bonchev–Trinajstić information content (AvgIpc) is 2.91. The van der Waals surface area contributed by atoms with Crippen molar-refractivity contribution in [1.82, 2.24) is 4.98 Å². The lowest BCUT2D eigenvalue weighted by Crippen LogP contribution is -1.98. The van der Waals surface area contributed by atoms with Gasteiger partial charge in [-0.1, -0.05) is 18.9 Å². The third kappa shape index (κ3) is 1.80. The number of benzene rings is 1. The normalized spacial score (nSPS) is 16.3. The monoisotopic (exact) mass is 243 g/mol. The average molecular weight is 243 g/mol. The van der Waals surface area contributed by atoms with Crippen molar-refractivity contribution in [3.05, 3.63) is 30.0 Å². The largest absolute Gasteiger partial charge is 0.506 e. The molecule has 0 aliphatic heterocycles. The Kier molecular flexibility index (Phi) is 2.82. The molecule has 0 radical (unpaired) electrons. The summed E-state index contributed by atoms with van der Waals surface area (Å²) in [6.07, 6.45) is 4.75. The van der Waals surface area contributed by atoms with E-state index in [9.17, 15) is 5.11 Å². The van der Waals surface area contributed by atoms with Crippen molar-refractivity contribution in [3.63, 3.8) is 0 Å². The molecule has 1 aliphatic rings. The number of pyridine rings is 1. The summed E-state index contributed by atoms with van der Waals surface area (Å²) in [5.74, 6) is 1.48. The van der Waals surface area contributed by atoms with Crippen LogP contribution in [0.5, 0.6) is 11.5 Å². The van der Waals surface area contributed by atoms with Gasteiger partial charge in [0.25, 0.3) is 0 Å². The first kappa shape index (κ1) is 11.3. The van der Waals surface area contributed by atoms with Crippen molar-refractivity contribution < 1.29 is 9.84 Å². The fourth-order valence-corrected chi connectivity index (χ4v) is 2.85. The zero-order valence-corrected chi connectivity index (χ0v) is 10.5. The summed E-state index contributed by atoms with van der Waals surface area (Å²) in [5, 5.41) is 11.0. The van der Waals surface area contributed by atoms with Gasteiger partial charge in [-0.3, -0.25) is 0 Å². The smallest absolute Gasteiger partial charge is 0.138 e. The molecule has 1 aromatic carbocycles. The molecule has 0 bridgehead atoms. The van der Waals surface area contributed by atoms with Crippen LogP contribution in [0.25, 0.3) is 10.9 Å². The van der Waals surface area contributed by atoms with Crippen molar-refractivity contribution in [2.45, 2.75) is 31.6 Å². The maximum absolute atomic E-state index is 10.2. The van der Waals surface area contributed by atoms with Gasteiger partial charge >= 0.3 is 0 Å². The molecule has 0 amide bonds. The molecule has 0 spiro atoms. The summed E-state index contributed by atoms with van der Waals surface area (Å²) in [6.45, 7) is 0. The number of ether oxygens (including phenoxy) is 1. The first-order chi connectivity index (χ1) is 8.79. The van der Waals surface area contributed by atoms with Gasteiger partial charge in [0.05, 0.1) is 18.3 Å². The number of aromatic nitrogens is 1. The molecule has 0 saturated heterocycles. The van der Waals surface area contributed by atoms with E-state index in [0.29, 0.717) is 11.7 Å². The van der Waals surface area contributed by atoms with Crippen LogP contribution in [-0.2, 0) is 0 Å². The lowest BCUT2D eigenvalue weighted by molar-refractivity contribution is 0.418. The Hall–Kier alpha value is -1.77. The predicted molar refractivity (Wildman–Crippen MR) is 71.2 cm³/mol. The van der Waals surface area contributed by atoms with Crippen LogP contribution in [0.4, 0.5) is 0 Å². The molecule has 3 rings (SSSR count). The highest BCUT2D eigenvalue weighted by molar-refractivity contribution is 5.86. The third-order valence-electron chi connectivity index (χ3n) is 3.79. The number of rotatable bonds is 2. The van der Waals surface area contributed by atoms with Gasteiger partial charge in [0.15, 0.2) is 0 Å². The fraction of sp³-hybridized carbons (Fsp3) is 0.400. The Morgan fingerprint density at radius 2 is 2.06 bits per heavy atom. The topological polar surface area (TPSA) is 42.4 Å². The van der Waals surface area contributed by atoms with Gasteiger partial charge < -0.3 is 9.84 Å². The van der Waals surface area contributed by atoms with Crippen LogP contribution in [0.15, 0.2) is 24.3 Å². The van der Waals surface area contributed by atoms with E-state index in [0.717, 1.165) is 35.2 Å². The Bertz CT molecular complexity index is 574. The second-order valence-electron chi connectivity index (χ2n) is 4.90. The Morgan fingerprint density at radius 1 is 1.28 bits per heavy atom. The van der Waals surface area contributed by atoms with Crippen LogP contribution >= 0.6 is 0 Å². The quantitative estimate of drug-likeness (QED) is 0.876. The molecule has 94 valence electrons. The van der Waals surface area contributed by atoms with E-state index in [1.54, 1.807) is 13.2 Å². The van der Waals surface area contributed by atoms with Crippen molar-refractivity contribution >= 4 is 10.9 Å².